The molecule has 1 aromatic carbocycles. The molecule has 1 aliphatic carbocycles. The van der Waals surface area contributed by atoms with Gasteiger partial charge < -0.3 is 14.8 Å². The molecule has 2 rings (SSSR count). The van der Waals surface area contributed by atoms with E-state index in [0.717, 1.165) is 25.7 Å². The highest BCUT2D eigenvalue weighted by molar-refractivity contribution is 5.94. The van der Waals surface area contributed by atoms with E-state index in [1.165, 1.54) is 32.8 Å². The molecule has 0 atom stereocenters. The zero-order chi connectivity index (χ0) is 16.1. The van der Waals surface area contributed by atoms with Crippen LogP contribution >= 0.6 is 0 Å². The van der Waals surface area contributed by atoms with E-state index in [-0.39, 0.29) is 23.0 Å². The van der Waals surface area contributed by atoms with Gasteiger partial charge in [0.05, 0.1) is 19.1 Å². The van der Waals surface area contributed by atoms with Gasteiger partial charge in [0.2, 0.25) is 0 Å². The number of benzene rings is 1. The molecule has 0 aromatic heterocycles. The highest BCUT2D eigenvalue weighted by atomic mass is 16.6. The fraction of sp³-hybridized carbons (Fsp3) is 0.533. The number of hydrogen-bond acceptors (Lipinski definition) is 6. The number of nitrogens with zero attached hydrogens (tertiary/aromatic N) is 1. The lowest BCUT2D eigenvalue weighted by Gasteiger charge is -2.24. The fourth-order valence-electron chi connectivity index (χ4n) is 2.74. The van der Waals surface area contributed by atoms with Crippen LogP contribution in [0.2, 0.25) is 0 Å². The molecule has 7 nitrogen and oxygen atoms in total. The van der Waals surface area contributed by atoms with E-state index in [1.54, 1.807) is 0 Å². The number of nitro benzene ring substituents is 1. The second kappa shape index (κ2) is 7.11. The normalized spacial score (nSPS) is 15.2. The second-order valence-electron chi connectivity index (χ2n) is 5.30. The van der Waals surface area contributed by atoms with E-state index in [2.05, 4.69) is 10.1 Å². The molecule has 0 saturated heterocycles. The van der Waals surface area contributed by atoms with Crippen LogP contribution in [0.3, 0.4) is 0 Å². The lowest BCUT2D eigenvalue weighted by Crippen LogP contribution is -2.23. The van der Waals surface area contributed by atoms with Gasteiger partial charge in [0.25, 0.3) is 5.69 Å². The molecular weight excluding hydrogens is 288 g/mol. The number of anilines is 1. The van der Waals surface area contributed by atoms with Crippen LogP contribution in [0.5, 0.6) is 5.75 Å². The number of esters is 1. The first-order valence-electron chi connectivity index (χ1n) is 7.28. The largest absolute Gasteiger partial charge is 0.496 e. The maximum Gasteiger partial charge on any atom is 0.341 e. The molecular formula is C15H20N2O5. The summed E-state index contributed by atoms with van der Waals surface area (Å²) in [5.74, 6) is -0.403. The minimum atomic E-state index is -0.663. The Balaban J connectivity index is 2.38. The molecule has 1 aromatic rings. The first-order chi connectivity index (χ1) is 10.6. The quantitative estimate of drug-likeness (QED) is 0.510. The van der Waals surface area contributed by atoms with Crippen LogP contribution in [-0.4, -0.2) is 31.2 Å². The Kier molecular flexibility index (Phi) is 5.19. The third-order valence-electron chi connectivity index (χ3n) is 3.88. The van der Waals surface area contributed by atoms with Gasteiger partial charge in [0.1, 0.15) is 17.0 Å². The molecule has 0 bridgehead atoms. The summed E-state index contributed by atoms with van der Waals surface area (Å²) in [4.78, 5) is 22.5. The fourth-order valence-corrected chi connectivity index (χ4v) is 2.74. The molecule has 1 aliphatic rings. The summed E-state index contributed by atoms with van der Waals surface area (Å²) in [6, 6.07) is 2.91. The van der Waals surface area contributed by atoms with Gasteiger partial charge in [-0.2, -0.15) is 0 Å². The summed E-state index contributed by atoms with van der Waals surface area (Å²) in [7, 11) is 2.64. The van der Waals surface area contributed by atoms with E-state index in [0.29, 0.717) is 5.69 Å². The lowest BCUT2D eigenvalue weighted by atomic mass is 9.95. The van der Waals surface area contributed by atoms with Crippen LogP contribution in [0, 0.1) is 10.1 Å². The molecule has 1 saturated carbocycles. The highest BCUT2D eigenvalue weighted by Gasteiger charge is 2.25. The average Bonchev–Trinajstić information content (AvgIpc) is 2.54. The zero-order valence-corrected chi connectivity index (χ0v) is 12.8. The molecule has 1 fully saturated rings. The van der Waals surface area contributed by atoms with Gasteiger partial charge in [-0.15, -0.1) is 0 Å². The molecule has 0 spiro atoms. The van der Waals surface area contributed by atoms with Gasteiger partial charge in [0.15, 0.2) is 0 Å². The molecule has 0 amide bonds. The van der Waals surface area contributed by atoms with Crippen LogP contribution < -0.4 is 10.1 Å². The predicted octanol–water partition coefficient (Wildman–Crippen LogP) is 3.13. The van der Waals surface area contributed by atoms with Gasteiger partial charge in [-0.05, 0) is 12.8 Å². The Morgan fingerprint density at radius 1 is 1.27 bits per heavy atom. The Hall–Kier alpha value is -2.31. The number of rotatable bonds is 5. The van der Waals surface area contributed by atoms with Crippen molar-refractivity contribution in [3.8, 4) is 5.75 Å². The highest BCUT2D eigenvalue weighted by Crippen LogP contribution is 2.35. The molecule has 22 heavy (non-hydrogen) atoms. The van der Waals surface area contributed by atoms with Crippen molar-refractivity contribution in [3.05, 3.63) is 27.8 Å². The molecule has 0 heterocycles. The van der Waals surface area contributed by atoms with Crippen molar-refractivity contribution in [1.29, 1.82) is 0 Å². The molecule has 1 N–H and O–H groups in total. The van der Waals surface area contributed by atoms with Gasteiger partial charge >= 0.3 is 5.97 Å². The molecule has 120 valence electrons. The van der Waals surface area contributed by atoms with E-state index in [4.69, 9.17) is 4.74 Å². The summed E-state index contributed by atoms with van der Waals surface area (Å²) in [5, 5.41) is 14.5. The second-order valence-corrected chi connectivity index (χ2v) is 5.30. The Bertz CT molecular complexity index is 567. The maximum absolute atomic E-state index is 11.7. The van der Waals surface area contributed by atoms with Crippen LogP contribution in [0.4, 0.5) is 11.4 Å². The third-order valence-corrected chi connectivity index (χ3v) is 3.88. The minimum Gasteiger partial charge on any atom is -0.496 e. The van der Waals surface area contributed by atoms with E-state index >= 15 is 0 Å². The minimum absolute atomic E-state index is 0.0471. The molecule has 0 radical (unpaired) electrons. The summed E-state index contributed by atoms with van der Waals surface area (Å²) >= 11 is 0. The first kappa shape index (κ1) is 16.1. The number of hydrogen-bond donors (Lipinski definition) is 1. The van der Waals surface area contributed by atoms with Crippen molar-refractivity contribution in [2.24, 2.45) is 0 Å². The van der Waals surface area contributed by atoms with Crippen LogP contribution in [0.25, 0.3) is 0 Å². The van der Waals surface area contributed by atoms with Crippen molar-refractivity contribution in [3.63, 3.8) is 0 Å². The van der Waals surface area contributed by atoms with E-state index < -0.39 is 10.9 Å². The van der Waals surface area contributed by atoms with Gasteiger partial charge in [-0.25, -0.2) is 4.79 Å². The van der Waals surface area contributed by atoms with Crippen LogP contribution in [0.15, 0.2) is 12.1 Å². The van der Waals surface area contributed by atoms with Crippen molar-refractivity contribution >= 4 is 17.3 Å². The van der Waals surface area contributed by atoms with Crippen molar-refractivity contribution in [2.75, 3.05) is 19.5 Å². The van der Waals surface area contributed by atoms with Gasteiger partial charge in [0, 0.05) is 18.2 Å². The standard InChI is InChI=1S/C15H20N2O5/c1-21-14-9-12(16-10-6-4-3-5-7-10)13(17(19)20)8-11(14)15(18)22-2/h8-10,16H,3-7H2,1-2H3. The number of carbonyl (C=O) groups excluding carboxylic acids is 1. The van der Waals surface area contributed by atoms with Crippen LogP contribution in [-0.2, 0) is 4.74 Å². The lowest BCUT2D eigenvalue weighted by molar-refractivity contribution is -0.384. The topological polar surface area (TPSA) is 90.7 Å². The third kappa shape index (κ3) is 3.47. The number of carbonyl (C=O) groups is 1. The summed E-state index contributed by atoms with van der Waals surface area (Å²) in [6.45, 7) is 0. The number of methoxy groups -OCH3 is 2. The Morgan fingerprint density at radius 2 is 1.95 bits per heavy atom. The predicted molar refractivity (Wildman–Crippen MR) is 81.5 cm³/mol. The zero-order valence-electron chi connectivity index (χ0n) is 12.8. The summed E-state index contributed by atoms with van der Waals surface area (Å²) < 4.78 is 9.81. The maximum atomic E-state index is 11.7. The smallest absolute Gasteiger partial charge is 0.341 e. The summed E-state index contributed by atoms with van der Waals surface area (Å²) in [6.07, 6.45) is 5.40. The van der Waals surface area contributed by atoms with Gasteiger partial charge in [-0.3, -0.25) is 10.1 Å². The SMILES string of the molecule is COC(=O)c1cc([N+](=O)[O-])c(NC2CCCCC2)cc1OC. The molecule has 0 unspecified atom stereocenters. The number of nitro groups is 1. The monoisotopic (exact) mass is 308 g/mol. The van der Waals surface area contributed by atoms with E-state index in [1.807, 2.05) is 0 Å². The van der Waals surface area contributed by atoms with E-state index in [9.17, 15) is 14.9 Å². The Labute approximate surface area is 128 Å². The van der Waals surface area contributed by atoms with Gasteiger partial charge in [-0.1, -0.05) is 19.3 Å². The Morgan fingerprint density at radius 3 is 2.50 bits per heavy atom. The van der Waals surface area contributed by atoms with Crippen LogP contribution in [0.1, 0.15) is 42.5 Å². The van der Waals surface area contributed by atoms with Crippen molar-refractivity contribution in [2.45, 2.75) is 38.1 Å². The first-order valence-corrected chi connectivity index (χ1v) is 7.28. The average molecular weight is 308 g/mol. The van der Waals surface area contributed by atoms with Crippen molar-refractivity contribution in [1.82, 2.24) is 0 Å². The summed E-state index contributed by atoms with van der Waals surface area (Å²) in [5.41, 5.74) is 0.277. The van der Waals surface area contributed by atoms with Crippen molar-refractivity contribution < 1.29 is 19.2 Å². The number of nitrogens with one attached hydrogen (secondary N) is 1. The molecule has 7 heteroatoms. The number of ether oxygens (including phenoxy) is 2. The molecule has 0 aliphatic heterocycles.